The molecular formula is C17H16Br2N4. The molecule has 2 heterocycles. The van der Waals surface area contributed by atoms with Gasteiger partial charge in [0.1, 0.15) is 5.52 Å². The number of hydrogen-bond donors (Lipinski definition) is 1. The third-order valence-electron chi connectivity index (χ3n) is 4.21. The fourth-order valence-corrected chi connectivity index (χ4v) is 3.75. The Bertz CT molecular complexity index is 841. The number of rotatable bonds is 5. The Morgan fingerprint density at radius 3 is 2.96 bits per heavy atom. The Hall–Kier alpha value is -1.40. The number of halogens is 2. The lowest BCUT2D eigenvalue weighted by Crippen LogP contribution is -2.13. The highest BCUT2D eigenvalue weighted by Gasteiger charge is 2.27. The molecule has 0 amide bonds. The highest BCUT2D eigenvalue weighted by atomic mass is 79.9. The largest absolute Gasteiger partial charge is 0.361 e. The second-order valence-corrected chi connectivity index (χ2v) is 7.76. The van der Waals surface area contributed by atoms with E-state index in [0.717, 1.165) is 32.6 Å². The third kappa shape index (κ3) is 3.28. The zero-order valence-corrected chi connectivity index (χ0v) is 15.6. The van der Waals surface area contributed by atoms with Gasteiger partial charge < -0.3 is 5.32 Å². The Morgan fingerprint density at radius 1 is 1.30 bits per heavy atom. The van der Waals surface area contributed by atoms with Crippen molar-refractivity contribution < 1.29 is 0 Å². The lowest BCUT2D eigenvalue weighted by Gasteiger charge is -2.20. The van der Waals surface area contributed by atoms with Gasteiger partial charge in [0.25, 0.3) is 0 Å². The fraction of sp³-hybridized carbons (Fsp3) is 0.294. The van der Waals surface area contributed by atoms with Gasteiger partial charge in [-0.1, -0.05) is 40.9 Å². The van der Waals surface area contributed by atoms with Crippen LogP contribution in [0.1, 0.15) is 30.9 Å². The molecule has 118 valence electrons. The molecule has 1 saturated carbocycles. The minimum atomic E-state index is 0.250. The van der Waals surface area contributed by atoms with Crippen molar-refractivity contribution in [3.8, 4) is 0 Å². The fourth-order valence-electron chi connectivity index (χ4n) is 2.87. The van der Waals surface area contributed by atoms with E-state index in [9.17, 15) is 0 Å². The molecule has 1 N–H and O–H groups in total. The molecule has 1 unspecified atom stereocenters. The molecule has 1 aromatic carbocycles. The van der Waals surface area contributed by atoms with Crippen LogP contribution in [-0.2, 0) is 0 Å². The van der Waals surface area contributed by atoms with Gasteiger partial charge >= 0.3 is 0 Å². The van der Waals surface area contributed by atoms with E-state index >= 15 is 0 Å². The van der Waals surface area contributed by atoms with Crippen LogP contribution in [0.3, 0.4) is 0 Å². The monoisotopic (exact) mass is 434 g/mol. The van der Waals surface area contributed by atoms with Crippen LogP contribution in [-0.4, -0.2) is 14.6 Å². The maximum atomic E-state index is 4.54. The van der Waals surface area contributed by atoms with Crippen molar-refractivity contribution >= 4 is 43.2 Å². The highest BCUT2D eigenvalue weighted by molar-refractivity contribution is 9.11. The molecule has 4 nitrogen and oxygen atoms in total. The highest BCUT2D eigenvalue weighted by Crippen LogP contribution is 2.39. The molecule has 1 aliphatic carbocycles. The van der Waals surface area contributed by atoms with Crippen LogP contribution in [0, 0.1) is 5.92 Å². The minimum Gasteiger partial charge on any atom is -0.361 e. The van der Waals surface area contributed by atoms with E-state index in [1.165, 1.54) is 18.4 Å². The first-order valence-electron chi connectivity index (χ1n) is 7.70. The van der Waals surface area contributed by atoms with Gasteiger partial charge in [-0.15, -0.1) is 0 Å². The van der Waals surface area contributed by atoms with Crippen molar-refractivity contribution in [1.29, 1.82) is 0 Å². The number of anilines is 1. The summed E-state index contributed by atoms with van der Waals surface area (Å²) >= 11 is 7.15. The second kappa shape index (κ2) is 6.24. The summed E-state index contributed by atoms with van der Waals surface area (Å²) in [6.45, 7) is 0. The van der Waals surface area contributed by atoms with Crippen LogP contribution in [0.2, 0.25) is 0 Å². The topological polar surface area (TPSA) is 42.2 Å². The van der Waals surface area contributed by atoms with E-state index in [2.05, 4.69) is 71.5 Å². The van der Waals surface area contributed by atoms with Crippen molar-refractivity contribution in [3.63, 3.8) is 0 Å². The summed E-state index contributed by atoms with van der Waals surface area (Å²) in [5, 5.41) is 7.97. The van der Waals surface area contributed by atoms with E-state index in [1.54, 1.807) is 12.4 Å². The van der Waals surface area contributed by atoms with Crippen molar-refractivity contribution in [3.05, 3.63) is 57.4 Å². The predicted octanol–water partition coefficient (Wildman–Crippen LogP) is 5.21. The molecule has 0 radical (unpaired) electrons. The first-order chi connectivity index (χ1) is 11.2. The number of hydrogen-bond acceptors (Lipinski definition) is 3. The Morgan fingerprint density at radius 2 is 2.17 bits per heavy atom. The molecule has 23 heavy (non-hydrogen) atoms. The number of nitrogens with one attached hydrogen (secondary N) is 1. The summed E-state index contributed by atoms with van der Waals surface area (Å²) in [6.07, 6.45) is 9.24. The first-order valence-corrected chi connectivity index (χ1v) is 9.29. The summed E-state index contributed by atoms with van der Waals surface area (Å²) in [7, 11) is 0. The molecule has 1 aliphatic rings. The quantitative estimate of drug-likeness (QED) is 0.598. The summed E-state index contributed by atoms with van der Waals surface area (Å²) < 4.78 is 3.90. The average molecular weight is 436 g/mol. The average Bonchev–Trinajstić information content (AvgIpc) is 3.28. The van der Waals surface area contributed by atoms with E-state index in [-0.39, 0.29) is 6.04 Å². The third-order valence-corrected chi connectivity index (χ3v) is 5.29. The van der Waals surface area contributed by atoms with Crippen LogP contribution in [0.4, 0.5) is 5.82 Å². The van der Waals surface area contributed by atoms with Gasteiger partial charge in [0, 0.05) is 16.9 Å². The lowest BCUT2D eigenvalue weighted by atomic mass is 10.0. The number of benzene rings is 1. The van der Waals surface area contributed by atoms with Gasteiger partial charge in [-0.2, -0.15) is 5.10 Å². The van der Waals surface area contributed by atoms with Crippen molar-refractivity contribution in [2.45, 2.75) is 25.3 Å². The van der Waals surface area contributed by atoms with Crippen molar-refractivity contribution in [2.75, 3.05) is 5.32 Å². The van der Waals surface area contributed by atoms with Gasteiger partial charge in [-0.05, 0) is 46.0 Å². The number of aromatic nitrogens is 3. The predicted molar refractivity (Wildman–Crippen MR) is 98.5 cm³/mol. The van der Waals surface area contributed by atoms with Crippen LogP contribution < -0.4 is 5.32 Å². The normalized spacial score (nSPS) is 15.7. The Kier molecular flexibility index (Phi) is 4.11. The molecule has 6 heteroatoms. The number of fused-ring (bicyclic) bond motifs is 1. The van der Waals surface area contributed by atoms with Crippen LogP contribution in [0.25, 0.3) is 5.52 Å². The van der Waals surface area contributed by atoms with Gasteiger partial charge in [-0.25, -0.2) is 9.50 Å². The van der Waals surface area contributed by atoms with Crippen LogP contribution in [0.15, 0.2) is 51.8 Å². The summed E-state index contributed by atoms with van der Waals surface area (Å²) in [5.41, 5.74) is 2.26. The molecule has 0 aliphatic heterocycles. The van der Waals surface area contributed by atoms with Crippen molar-refractivity contribution in [1.82, 2.24) is 14.6 Å². The van der Waals surface area contributed by atoms with Crippen molar-refractivity contribution in [2.24, 2.45) is 5.92 Å². The maximum Gasteiger partial charge on any atom is 0.153 e. The maximum absolute atomic E-state index is 4.54. The van der Waals surface area contributed by atoms with E-state index < -0.39 is 0 Å². The molecule has 4 rings (SSSR count). The number of nitrogens with zero attached hydrogens (tertiary/aromatic N) is 3. The molecule has 0 bridgehead atoms. The van der Waals surface area contributed by atoms with E-state index in [4.69, 9.17) is 0 Å². The Balaban J connectivity index is 1.70. The zero-order valence-electron chi connectivity index (χ0n) is 12.4. The molecule has 3 aromatic rings. The van der Waals surface area contributed by atoms with Crippen LogP contribution in [0.5, 0.6) is 0 Å². The molecule has 2 aromatic heterocycles. The molecular weight excluding hydrogens is 420 g/mol. The SMILES string of the molecule is Brc1cccc(C(CC2CC2)Nc2nccn3ncc(Br)c23)c1. The van der Waals surface area contributed by atoms with E-state index in [1.807, 2.05) is 10.7 Å². The van der Waals surface area contributed by atoms with Gasteiger partial charge in [0.15, 0.2) is 5.82 Å². The second-order valence-electron chi connectivity index (χ2n) is 5.99. The molecule has 1 fully saturated rings. The summed E-state index contributed by atoms with van der Waals surface area (Å²) in [6, 6.07) is 8.76. The Labute approximate surface area is 151 Å². The van der Waals surface area contributed by atoms with E-state index in [0.29, 0.717) is 0 Å². The van der Waals surface area contributed by atoms with Gasteiger partial charge in [0.2, 0.25) is 0 Å². The molecule has 0 saturated heterocycles. The zero-order chi connectivity index (χ0) is 15.8. The summed E-state index contributed by atoms with van der Waals surface area (Å²) in [5.74, 6) is 1.68. The standard InChI is InChI=1S/C17H16Br2N4/c18-13-3-1-2-12(9-13)15(8-11-4-5-11)22-17-16-14(19)10-21-23(16)7-6-20-17/h1-3,6-7,9-11,15H,4-5,8H2,(H,20,22). The minimum absolute atomic E-state index is 0.250. The molecule has 0 spiro atoms. The first kappa shape index (κ1) is 15.1. The van der Waals surface area contributed by atoms with Gasteiger partial charge in [0.05, 0.1) is 16.7 Å². The lowest BCUT2D eigenvalue weighted by molar-refractivity contribution is 0.628. The smallest absolute Gasteiger partial charge is 0.153 e. The van der Waals surface area contributed by atoms with Gasteiger partial charge in [-0.3, -0.25) is 0 Å². The molecule has 1 atom stereocenters. The summed E-state index contributed by atoms with van der Waals surface area (Å²) in [4.78, 5) is 4.54. The van der Waals surface area contributed by atoms with Crippen LogP contribution >= 0.6 is 31.9 Å².